The molecule has 0 saturated carbocycles. The molecule has 3 N–H and O–H groups in total. The SMILES string of the molecule is O[C@@H]1CO[C@H]2[C@@H]1OC[C@H]2Oc1cc2nc(-c3ccc(-c4ccc(NC5=NCCO5)cc4)cc3)c(F)cc2[nH]1. The van der Waals surface area contributed by atoms with Gasteiger partial charge in [0.05, 0.1) is 30.8 Å². The molecule has 5 heterocycles. The van der Waals surface area contributed by atoms with E-state index in [0.717, 1.165) is 16.8 Å². The Bertz CT molecular complexity index is 1500. The van der Waals surface area contributed by atoms with E-state index in [1.54, 1.807) is 6.07 Å². The molecule has 0 bridgehead atoms. The van der Waals surface area contributed by atoms with Crippen LogP contribution in [-0.2, 0) is 14.2 Å². The minimum absolute atomic E-state index is 0.227. The first-order chi connectivity index (χ1) is 18.6. The van der Waals surface area contributed by atoms with Crippen molar-refractivity contribution in [2.24, 2.45) is 4.99 Å². The summed E-state index contributed by atoms with van der Waals surface area (Å²) in [6.07, 6.45) is -1.73. The lowest BCUT2D eigenvalue weighted by Crippen LogP contribution is -2.34. The third-order valence-electron chi connectivity index (χ3n) is 7.00. The van der Waals surface area contributed by atoms with E-state index in [1.165, 1.54) is 6.07 Å². The normalized spacial score (nSPS) is 24.3. The van der Waals surface area contributed by atoms with Gasteiger partial charge in [-0.2, -0.15) is 0 Å². The van der Waals surface area contributed by atoms with Crippen LogP contribution >= 0.6 is 0 Å². The molecule has 194 valence electrons. The molecular weight excluding hydrogens is 491 g/mol. The monoisotopic (exact) mass is 516 g/mol. The van der Waals surface area contributed by atoms with Crippen molar-refractivity contribution in [3.05, 3.63) is 66.5 Å². The number of amidine groups is 1. The molecule has 0 amide bonds. The van der Waals surface area contributed by atoms with E-state index in [1.807, 2.05) is 48.5 Å². The fourth-order valence-corrected chi connectivity index (χ4v) is 5.08. The van der Waals surface area contributed by atoms with Gasteiger partial charge in [0.15, 0.2) is 17.8 Å². The number of rotatable bonds is 5. The number of aliphatic hydroxyl groups excluding tert-OH is 1. The van der Waals surface area contributed by atoms with Gasteiger partial charge in [-0.1, -0.05) is 36.4 Å². The second kappa shape index (κ2) is 9.39. The molecular formula is C28H25FN4O5. The van der Waals surface area contributed by atoms with Crippen LogP contribution in [0.1, 0.15) is 0 Å². The predicted molar refractivity (Wildman–Crippen MR) is 139 cm³/mol. The van der Waals surface area contributed by atoms with Crippen LogP contribution in [0.2, 0.25) is 0 Å². The van der Waals surface area contributed by atoms with Gasteiger partial charge in [0.1, 0.15) is 30.6 Å². The van der Waals surface area contributed by atoms with E-state index in [9.17, 15) is 5.11 Å². The Morgan fingerprint density at radius 3 is 2.45 bits per heavy atom. The van der Waals surface area contributed by atoms with Crippen molar-refractivity contribution in [3.63, 3.8) is 0 Å². The lowest BCUT2D eigenvalue weighted by atomic mass is 10.0. The number of aromatic nitrogens is 2. The molecule has 2 fully saturated rings. The summed E-state index contributed by atoms with van der Waals surface area (Å²) in [5, 5.41) is 13.1. The van der Waals surface area contributed by atoms with Crippen molar-refractivity contribution in [1.82, 2.24) is 9.97 Å². The Hall–Kier alpha value is -3.99. The fraction of sp³-hybridized carbons (Fsp3) is 0.286. The summed E-state index contributed by atoms with van der Waals surface area (Å²) >= 11 is 0. The van der Waals surface area contributed by atoms with Gasteiger partial charge >= 0.3 is 0 Å². The highest BCUT2D eigenvalue weighted by molar-refractivity contribution is 5.90. The van der Waals surface area contributed by atoms with Crippen LogP contribution < -0.4 is 10.1 Å². The van der Waals surface area contributed by atoms with Crippen LogP contribution in [0.3, 0.4) is 0 Å². The topological polar surface area (TPSA) is 110 Å². The molecule has 38 heavy (non-hydrogen) atoms. The average molecular weight is 517 g/mol. The molecule has 0 spiro atoms. The largest absolute Gasteiger partial charge is 0.470 e. The number of H-pyrrole nitrogens is 1. The van der Waals surface area contributed by atoms with Crippen LogP contribution in [0.5, 0.6) is 5.88 Å². The summed E-state index contributed by atoms with van der Waals surface area (Å²) in [4.78, 5) is 11.9. The quantitative estimate of drug-likeness (QED) is 0.371. The van der Waals surface area contributed by atoms with Crippen molar-refractivity contribution < 1.29 is 28.4 Å². The number of ether oxygens (including phenoxy) is 4. The maximum Gasteiger partial charge on any atom is 0.289 e. The van der Waals surface area contributed by atoms with Crippen molar-refractivity contribution in [1.29, 1.82) is 0 Å². The molecule has 0 radical (unpaired) electrons. The van der Waals surface area contributed by atoms with E-state index < -0.39 is 11.9 Å². The van der Waals surface area contributed by atoms with E-state index in [0.29, 0.717) is 48.3 Å². The number of hydrogen-bond donors (Lipinski definition) is 3. The van der Waals surface area contributed by atoms with Crippen molar-refractivity contribution in [2.45, 2.75) is 24.4 Å². The maximum absolute atomic E-state index is 15.1. The van der Waals surface area contributed by atoms with Crippen molar-refractivity contribution in [2.75, 3.05) is 31.7 Å². The summed E-state index contributed by atoms with van der Waals surface area (Å²) in [6.45, 7) is 1.81. The molecule has 10 heteroatoms. The summed E-state index contributed by atoms with van der Waals surface area (Å²) in [5.74, 6) is 0.0146. The highest BCUT2D eigenvalue weighted by Gasteiger charge is 2.48. The number of aliphatic hydroxyl groups is 1. The smallest absolute Gasteiger partial charge is 0.289 e. The minimum atomic E-state index is -0.649. The maximum atomic E-state index is 15.1. The van der Waals surface area contributed by atoms with Gasteiger partial charge in [-0.25, -0.2) is 14.4 Å². The average Bonchev–Trinajstić information content (AvgIpc) is 3.72. The minimum Gasteiger partial charge on any atom is -0.470 e. The number of benzene rings is 2. The summed E-state index contributed by atoms with van der Waals surface area (Å²) in [6, 6.07) is 19.3. The van der Waals surface area contributed by atoms with E-state index in [2.05, 4.69) is 20.3 Å². The Kier molecular flexibility index (Phi) is 5.72. The molecule has 4 aromatic rings. The Morgan fingerprint density at radius 2 is 1.68 bits per heavy atom. The van der Waals surface area contributed by atoms with E-state index in [4.69, 9.17) is 18.9 Å². The summed E-state index contributed by atoms with van der Waals surface area (Å²) in [5.41, 5.74) is 4.99. The van der Waals surface area contributed by atoms with Crippen molar-refractivity contribution >= 4 is 22.7 Å². The number of nitrogens with one attached hydrogen (secondary N) is 2. The van der Waals surface area contributed by atoms with Gasteiger partial charge in [0.25, 0.3) is 6.02 Å². The fourth-order valence-electron chi connectivity index (χ4n) is 5.08. The number of anilines is 1. The molecule has 7 rings (SSSR count). The zero-order chi connectivity index (χ0) is 25.6. The molecule has 0 aliphatic carbocycles. The van der Waals surface area contributed by atoms with Gasteiger partial charge in [0.2, 0.25) is 0 Å². The number of hydrogen-bond acceptors (Lipinski definition) is 8. The Labute approximate surface area is 217 Å². The van der Waals surface area contributed by atoms with Gasteiger partial charge < -0.3 is 34.4 Å². The third kappa shape index (κ3) is 4.26. The lowest BCUT2D eigenvalue weighted by Gasteiger charge is -2.16. The first-order valence-corrected chi connectivity index (χ1v) is 12.5. The van der Waals surface area contributed by atoms with Gasteiger partial charge in [0, 0.05) is 23.4 Å². The Morgan fingerprint density at radius 1 is 0.947 bits per heavy atom. The van der Waals surface area contributed by atoms with E-state index in [-0.39, 0.29) is 30.6 Å². The number of aromatic amines is 1. The van der Waals surface area contributed by atoms with Crippen LogP contribution in [0.4, 0.5) is 10.1 Å². The van der Waals surface area contributed by atoms with E-state index >= 15 is 4.39 Å². The molecule has 4 atom stereocenters. The molecule has 3 aliphatic heterocycles. The first kappa shape index (κ1) is 23.2. The van der Waals surface area contributed by atoms with Crippen LogP contribution in [-0.4, -0.2) is 71.9 Å². The molecule has 2 saturated heterocycles. The number of halogens is 1. The lowest BCUT2D eigenvalue weighted by molar-refractivity contribution is 0.00794. The van der Waals surface area contributed by atoms with Crippen LogP contribution in [0.15, 0.2) is 65.7 Å². The zero-order valence-electron chi connectivity index (χ0n) is 20.3. The molecule has 3 aliphatic rings. The molecule has 2 aromatic heterocycles. The van der Waals surface area contributed by atoms with Gasteiger partial charge in [-0.05, 0) is 23.3 Å². The summed E-state index contributed by atoms with van der Waals surface area (Å²) in [7, 11) is 0. The van der Waals surface area contributed by atoms with Crippen molar-refractivity contribution in [3.8, 4) is 28.3 Å². The Balaban J connectivity index is 1.08. The highest BCUT2D eigenvalue weighted by Crippen LogP contribution is 2.32. The number of aliphatic imine (C=N–C) groups is 1. The summed E-state index contributed by atoms with van der Waals surface area (Å²) < 4.78 is 37.7. The van der Waals surface area contributed by atoms with Gasteiger partial charge in [-0.15, -0.1) is 0 Å². The second-order valence-corrected chi connectivity index (χ2v) is 9.52. The third-order valence-corrected chi connectivity index (χ3v) is 7.00. The number of nitrogens with zero attached hydrogens (tertiary/aromatic N) is 2. The van der Waals surface area contributed by atoms with Crippen LogP contribution in [0.25, 0.3) is 33.4 Å². The van der Waals surface area contributed by atoms with Crippen LogP contribution in [0, 0.1) is 5.82 Å². The number of pyridine rings is 1. The predicted octanol–water partition coefficient (Wildman–Crippen LogP) is 3.74. The standard InChI is InChI=1S/C28H25FN4O5/c29-19-11-20-21(12-24(32-20)38-23-14-37-26-22(34)13-36-27(23)26)33-25(19)17-3-1-15(2-4-17)16-5-7-18(8-6-16)31-28-30-9-10-35-28/h1-8,11-12,22-23,26-27,32,34H,9-10,13-14H2,(H,30,31)/t22-,23-,26-,27-/m1/s1. The number of fused-ring (bicyclic) bond motifs is 2. The molecule has 9 nitrogen and oxygen atoms in total. The first-order valence-electron chi connectivity index (χ1n) is 12.5. The second-order valence-electron chi connectivity index (χ2n) is 9.52. The zero-order valence-corrected chi connectivity index (χ0v) is 20.3. The molecule has 0 unspecified atom stereocenters. The van der Waals surface area contributed by atoms with Gasteiger partial charge in [-0.3, -0.25) is 0 Å². The highest BCUT2D eigenvalue weighted by atomic mass is 19.1. The molecule has 2 aromatic carbocycles.